The van der Waals surface area contributed by atoms with Crippen LogP contribution in [0.2, 0.25) is 0 Å². The van der Waals surface area contributed by atoms with Gasteiger partial charge in [-0.1, -0.05) is 0 Å². The number of carbonyl (C=O) groups excluding carboxylic acids is 1. The summed E-state index contributed by atoms with van der Waals surface area (Å²) in [5.74, 6) is 0.307. The summed E-state index contributed by atoms with van der Waals surface area (Å²) in [6, 6.07) is 0.00753. The number of hydrogen-bond acceptors (Lipinski definition) is 5. The standard InChI is InChI=1S/C15H21N3O2S/c1-10-17-12(8-21-10)13-3-7-20-18(13)14(19)11-2-6-16-9-15(11)4-5-15/h8,11,13,16H,2-7,9H2,1H3/t11-,13-/m0/s1. The zero-order valence-electron chi connectivity index (χ0n) is 12.3. The first kappa shape index (κ1) is 13.7. The summed E-state index contributed by atoms with van der Waals surface area (Å²) in [6.45, 7) is 4.54. The van der Waals surface area contributed by atoms with E-state index in [-0.39, 0.29) is 23.3 Å². The molecule has 0 radical (unpaired) electrons. The Balaban J connectivity index is 1.55. The molecule has 1 aliphatic carbocycles. The van der Waals surface area contributed by atoms with Crippen molar-refractivity contribution in [3.8, 4) is 0 Å². The third-order valence-electron chi connectivity index (χ3n) is 5.12. The first-order valence-electron chi connectivity index (χ1n) is 7.78. The van der Waals surface area contributed by atoms with Gasteiger partial charge in [0.05, 0.1) is 17.3 Å². The molecule has 2 saturated heterocycles. The van der Waals surface area contributed by atoms with E-state index in [4.69, 9.17) is 4.84 Å². The Morgan fingerprint density at radius 3 is 3.10 bits per heavy atom. The fourth-order valence-corrected chi connectivity index (χ4v) is 4.39. The summed E-state index contributed by atoms with van der Waals surface area (Å²) >= 11 is 1.64. The summed E-state index contributed by atoms with van der Waals surface area (Å²) in [6.07, 6.45) is 4.13. The van der Waals surface area contributed by atoms with Crippen LogP contribution >= 0.6 is 11.3 Å². The maximum Gasteiger partial charge on any atom is 0.250 e. The molecule has 6 heteroatoms. The second-order valence-electron chi connectivity index (χ2n) is 6.47. The lowest BCUT2D eigenvalue weighted by molar-refractivity contribution is -0.185. The molecule has 21 heavy (non-hydrogen) atoms. The van der Waals surface area contributed by atoms with Crippen molar-refractivity contribution in [2.24, 2.45) is 11.3 Å². The van der Waals surface area contributed by atoms with Gasteiger partial charge >= 0.3 is 0 Å². The topological polar surface area (TPSA) is 54.5 Å². The van der Waals surface area contributed by atoms with Crippen LogP contribution in [-0.4, -0.2) is 35.7 Å². The number of rotatable bonds is 2. The van der Waals surface area contributed by atoms with E-state index in [9.17, 15) is 4.79 Å². The molecule has 1 amide bonds. The molecule has 0 bridgehead atoms. The first-order chi connectivity index (χ1) is 10.2. The zero-order valence-corrected chi connectivity index (χ0v) is 13.1. The Morgan fingerprint density at radius 2 is 2.38 bits per heavy atom. The molecule has 1 aromatic rings. The Hall–Kier alpha value is -0.980. The molecule has 2 aliphatic heterocycles. The van der Waals surface area contributed by atoms with E-state index in [1.54, 1.807) is 16.4 Å². The number of nitrogens with zero attached hydrogens (tertiary/aromatic N) is 2. The number of amides is 1. The van der Waals surface area contributed by atoms with Gasteiger partial charge in [-0.2, -0.15) is 0 Å². The van der Waals surface area contributed by atoms with E-state index in [0.717, 1.165) is 36.6 Å². The molecule has 114 valence electrons. The van der Waals surface area contributed by atoms with Crippen molar-refractivity contribution in [2.75, 3.05) is 19.7 Å². The minimum atomic E-state index is 0.00753. The molecule has 0 unspecified atom stereocenters. The van der Waals surface area contributed by atoms with Crippen LogP contribution in [0.25, 0.3) is 0 Å². The van der Waals surface area contributed by atoms with Gasteiger partial charge in [0.25, 0.3) is 5.91 Å². The number of piperidine rings is 1. The molecule has 4 rings (SSSR count). The molecule has 3 fully saturated rings. The van der Waals surface area contributed by atoms with Gasteiger partial charge in [-0.3, -0.25) is 9.63 Å². The van der Waals surface area contributed by atoms with Crippen molar-refractivity contribution in [1.82, 2.24) is 15.4 Å². The quantitative estimate of drug-likeness (QED) is 0.908. The molecule has 1 spiro atoms. The molecular weight excluding hydrogens is 286 g/mol. The van der Waals surface area contributed by atoms with Crippen molar-refractivity contribution in [1.29, 1.82) is 0 Å². The van der Waals surface area contributed by atoms with E-state index in [1.807, 2.05) is 6.92 Å². The Kier molecular flexibility index (Phi) is 3.28. The summed E-state index contributed by atoms with van der Waals surface area (Å²) in [5.41, 5.74) is 1.20. The summed E-state index contributed by atoms with van der Waals surface area (Å²) in [7, 11) is 0. The average molecular weight is 307 g/mol. The highest BCUT2D eigenvalue weighted by atomic mass is 32.1. The van der Waals surface area contributed by atoms with Gasteiger partial charge in [0, 0.05) is 24.3 Å². The second kappa shape index (κ2) is 5.04. The molecule has 1 saturated carbocycles. The van der Waals surface area contributed by atoms with Gasteiger partial charge in [-0.15, -0.1) is 11.3 Å². The van der Waals surface area contributed by atoms with Crippen LogP contribution in [0.1, 0.15) is 42.4 Å². The fraction of sp³-hybridized carbons (Fsp3) is 0.733. The van der Waals surface area contributed by atoms with Crippen molar-refractivity contribution in [3.05, 3.63) is 16.1 Å². The number of thiazole rings is 1. The molecule has 0 aromatic carbocycles. The van der Waals surface area contributed by atoms with Gasteiger partial charge in [-0.05, 0) is 38.1 Å². The Labute approximate surface area is 128 Å². The number of nitrogens with one attached hydrogen (secondary N) is 1. The summed E-state index contributed by atoms with van der Waals surface area (Å²) in [4.78, 5) is 23.2. The Morgan fingerprint density at radius 1 is 1.52 bits per heavy atom. The molecular formula is C15H21N3O2S. The normalized spacial score (nSPS) is 30.8. The third-order valence-corrected chi connectivity index (χ3v) is 5.91. The second-order valence-corrected chi connectivity index (χ2v) is 7.54. The molecule has 3 aliphatic rings. The van der Waals surface area contributed by atoms with Gasteiger partial charge < -0.3 is 5.32 Å². The number of aromatic nitrogens is 1. The fourth-order valence-electron chi connectivity index (χ4n) is 3.73. The largest absolute Gasteiger partial charge is 0.316 e. The van der Waals surface area contributed by atoms with E-state index in [1.165, 1.54) is 12.8 Å². The highest BCUT2D eigenvalue weighted by Gasteiger charge is 2.55. The van der Waals surface area contributed by atoms with E-state index in [2.05, 4.69) is 15.7 Å². The average Bonchev–Trinajstić information content (AvgIpc) is 2.93. The maximum absolute atomic E-state index is 13.0. The maximum atomic E-state index is 13.0. The van der Waals surface area contributed by atoms with Crippen LogP contribution in [-0.2, 0) is 9.63 Å². The van der Waals surface area contributed by atoms with Crippen molar-refractivity contribution < 1.29 is 9.63 Å². The van der Waals surface area contributed by atoms with Gasteiger partial charge in [-0.25, -0.2) is 10.0 Å². The number of aryl methyl sites for hydroxylation is 1. The highest BCUT2D eigenvalue weighted by Crippen LogP contribution is 2.55. The van der Waals surface area contributed by atoms with Crippen LogP contribution in [0.3, 0.4) is 0 Å². The van der Waals surface area contributed by atoms with E-state index >= 15 is 0 Å². The van der Waals surface area contributed by atoms with E-state index < -0.39 is 0 Å². The van der Waals surface area contributed by atoms with Gasteiger partial charge in [0.15, 0.2) is 0 Å². The molecule has 1 aromatic heterocycles. The Bertz CT molecular complexity index is 555. The van der Waals surface area contributed by atoms with Crippen LogP contribution in [0.4, 0.5) is 0 Å². The van der Waals surface area contributed by atoms with Crippen LogP contribution in [0.15, 0.2) is 5.38 Å². The minimum Gasteiger partial charge on any atom is -0.316 e. The van der Waals surface area contributed by atoms with Crippen LogP contribution < -0.4 is 5.32 Å². The SMILES string of the molecule is Cc1nc([C@@H]2CCON2C(=O)[C@@H]2CCNCC23CC3)cs1. The monoisotopic (exact) mass is 307 g/mol. The molecule has 5 nitrogen and oxygen atoms in total. The van der Waals surface area contributed by atoms with Crippen LogP contribution in [0, 0.1) is 18.3 Å². The van der Waals surface area contributed by atoms with Crippen LogP contribution in [0.5, 0.6) is 0 Å². The number of hydrogen-bond donors (Lipinski definition) is 1. The molecule has 1 N–H and O–H groups in total. The predicted octanol–water partition coefficient (Wildman–Crippen LogP) is 2.05. The van der Waals surface area contributed by atoms with E-state index in [0.29, 0.717) is 6.61 Å². The van der Waals surface area contributed by atoms with Crippen molar-refractivity contribution in [2.45, 2.75) is 38.6 Å². The summed E-state index contributed by atoms with van der Waals surface area (Å²) in [5, 5.41) is 8.19. The van der Waals surface area contributed by atoms with Gasteiger partial charge in [0.2, 0.25) is 0 Å². The van der Waals surface area contributed by atoms with Crippen molar-refractivity contribution in [3.63, 3.8) is 0 Å². The zero-order chi connectivity index (χ0) is 14.4. The molecule has 3 heterocycles. The lowest BCUT2D eigenvalue weighted by atomic mass is 9.82. The number of carbonyl (C=O) groups is 1. The van der Waals surface area contributed by atoms with Gasteiger partial charge in [0.1, 0.15) is 6.04 Å². The summed E-state index contributed by atoms with van der Waals surface area (Å²) < 4.78 is 0. The smallest absolute Gasteiger partial charge is 0.250 e. The molecule has 2 atom stereocenters. The predicted molar refractivity (Wildman–Crippen MR) is 79.7 cm³/mol. The highest BCUT2D eigenvalue weighted by molar-refractivity contribution is 7.09. The lowest BCUT2D eigenvalue weighted by Gasteiger charge is -2.34. The number of hydroxylamine groups is 2. The third kappa shape index (κ3) is 2.29. The first-order valence-corrected chi connectivity index (χ1v) is 8.66. The van der Waals surface area contributed by atoms with Crippen molar-refractivity contribution >= 4 is 17.2 Å². The minimum absolute atomic E-state index is 0.00753. The lowest BCUT2D eigenvalue weighted by Crippen LogP contribution is -2.46.